The molecule has 1 fully saturated rings. The average molecular weight is 323 g/mol. The average Bonchev–Trinajstić information content (AvgIpc) is 2.54. The summed E-state index contributed by atoms with van der Waals surface area (Å²) >= 11 is 0. The lowest BCUT2D eigenvalue weighted by Crippen LogP contribution is -2.32. The maximum Gasteiger partial charge on any atom is 0.0701 e. The Balaban J connectivity index is 1.97. The van der Waals surface area contributed by atoms with Crippen LogP contribution in [0, 0.1) is 13.8 Å². The van der Waals surface area contributed by atoms with Gasteiger partial charge in [0, 0.05) is 18.8 Å². The van der Waals surface area contributed by atoms with Crippen molar-refractivity contribution < 1.29 is 18.9 Å². The van der Waals surface area contributed by atoms with Crippen LogP contribution in [0.25, 0.3) is 0 Å². The molecule has 1 aliphatic rings. The van der Waals surface area contributed by atoms with Gasteiger partial charge < -0.3 is 23.8 Å². The third-order valence-electron chi connectivity index (χ3n) is 3.88. The van der Waals surface area contributed by atoms with Crippen molar-refractivity contribution >= 4 is 5.69 Å². The van der Waals surface area contributed by atoms with Crippen LogP contribution >= 0.6 is 0 Å². The summed E-state index contributed by atoms with van der Waals surface area (Å²) in [6.07, 6.45) is 0. The van der Waals surface area contributed by atoms with Crippen molar-refractivity contribution in [3.8, 4) is 0 Å². The molecule has 23 heavy (non-hydrogen) atoms. The highest BCUT2D eigenvalue weighted by atomic mass is 16.6. The van der Waals surface area contributed by atoms with E-state index in [9.17, 15) is 0 Å². The second kappa shape index (κ2) is 10.6. The molecule has 0 saturated carbocycles. The van der Waals surface area contributed by atoms with Crippen molar-refractivity contribution in [1.29, 1.82) is 0 Å². The molecule has 0 aromatic heterocycles. The van der Waals surface area contributed by atoms with Crippen LogP contribution in [-0.4, -0.2) is 65.9 Å². The number of benzene rings is 1. The van der Waals surface area contributed by atoms with Crippen LogP contribution < -0.4 is 4.90 Å². The monoisotopic (exact) mass is 323 g/mol. The van der Waals surface area contributed by atoms with Gasteiger partial charge in [-0.2, -0.15) is 0 Å². The molecule has 1 aromatic rings. The number of hydrogen-bond acceptors (Lipinski definition) is 5. The first kappa shape index (κ1) is 18.2. The molecule has 1 aliphatic heterocycles. The van der Waals surface area contributed by atoms with Crippen LogP contribution in [0.1, 0.15) is 11.1 Å². The molecule has 0 bridgehead atoms. The quantitative estimate of drug-likeness (QED) is 0.792. The van der Waals surface area contributed by atoms with Crippen LogP contribution in [0.3, 0.4) is 0 Å². The highest BCUT2D eigenvalue weighted by molar-refractivity contribution is 5.58. The van der Waals surface area contributed by atoms with E-state index in [0.29, 0.717) is 52.9 Å². The Hall–Kier alpha value is -1.14. The summed E-state index contributed by atoms with van der Waals surface area (Å²) in [4.78, 5) is 2.35. The summed E-state index contributed by atoms with van der Waals surface area (Å²) in [5.74, 6) is 0. The van der Waals surface area contributed by atoms with Crippen molar-refractivity contribution in [1.82, 2.24) is 0 Å². The predicted octanol–water partition coefficient (Wildman–Crippen LogP) is 2.19. The molecule has 0 radical (unpaired) electrons. The van der Waals surface area contributed by atoms with Gasteiger partial charge in [0.25, 0.3) is 0 Å². The largest absolute Gasteiger partial charge is 0.377 e. The lowest BCUT2D eigenvalue weighted by atomic mass is 10.1. The fourth-order valence-electron chi connectivity index (χ4n) is 2.75. The van der Waals surface area contributed by atoms with Crippen LogP contribution in [0.5, 0.6) is 0 Å². The number of para-hydroxylation sites is 1. The standard InChI is InChI=1S/C18H29NO4/c1-16-4-3-5-17(2)18(16)19-6-8-20-10-12-22-14-15-23-13-11-21-9-7-19/h3-5H,6-15H2,1-2H3. The molecule has 0 aliphatic carbocycles. The third-order valence-corrected chi connectivity index (χ3v) is 3.88. The zero-order valence-electron chi connectivity index (χ0n) is 14.4. The smallest absolute Gasteiger partial charge is 0.0701 e. The molecule has 0 atom stereocenters. The molecule has 0 unspecified atom stereocenters. The first-order valence-corrected chi connectivity index (χ1v) is 8.41. The minimum atomic E-state index is 0.609. The Morgan fingerprint density at radius 1 is 0.652 bits per heavy atom. The number of ether oxygens (including phenoxy) is 4. The maximum atomic E-state index is 5.69. The van der Waals surface area contributed by atoms with E-state index in [1.807, 2.05) is 0 Å². The van der Waals surface area contributed by atoms with Crippen LogP contribution in [0.4, 0.5) is 5.69 Å². The Kier molecular flexibility index (Phi) is 8.39. The van der Waals surface area contributed by atoms with E-state index in [2.05, 4.69) is 36.9 Å². The maximum absolute atomic E-state index is 5.69. The number of aryl methyl sites for hydroxylation is 2. The fourth-order valence-corrected chi connectivity index (χ4v) is 2.75. The highest BCUT2D eigenvalue weighted by Crippen LogP contribution is 2.24. The van der Waals surface area contributed by atoms with Gasteiger partial charge in [-0.25, -0.2) is 0 Å². The molecule has 0 N–H and O–H groups in total. The molecule has 1 heterocycles. The Morgan fingerprint density at radius 2 is 1.04 bits per heavy atom. The second-order valence-corrected chi connectivity index (χ2v) is 5.68. The molecule has 0 spiro atoms. The molecule has 1 aromatic carbocycles. The normalized spacial score (nSPS) is 19.8. The van der Waals surface area contributed by atoms with Gasteiger partial charge in [0.15, 0.2) is 0 Å². The Bertz CT molecular complexity index is 416. The van der Waals surface area contributed by atoms with Gasteiger partial charge in [-0.3, -0.25) is 0 Å². The molecule has 5 nitrogen and oxygen atoms in total. The number of nitrogens with zero attached hydrogens (tertiary/aromatic N) is 1. The molecular weight excluding hydrogens is 294 g/mol. The van der Waals surface area contributed by atoms with Gasteiger partial charge in [-0.1, -0.05) is 18.2 Å². The van der Waals surface area contributed by atoms with E-state index in [1.54, 1.807) is 0 Å². The van der Waals surface area contributed by atoms with E-state index in [4.69, 9.17) is 18.9 Å². The third kappa shape index (κ3) is 6.47. The van der Waals surface area contributed by atoms with E-state index in [-0.39, 0.29) is 0 Å². The van der Waals surface area contributed by atoms with Crippen LogP contribution in [0.2, 0.25) is 0 Å². The topological polar surface area (TPSA) is 40.2 Å². The van der Waals surface area contributed by atoms with Crippen molar-refractivity contribution in [2.45, 2.75) is 13.8 Å². The van der Waals surface area contributed by atoms with Crippen LogP contribution in [-0.2, 0) is 18.9 Å². The van der Waals surface area contributed by atoms with Gasteiger partial charge >= 0.3 is 0 Å². The van der Waals surface area contributed by atoms with Gasteiger partial charge in [0.1, 0.15) is 0 Å². The minimum Gasteiger partial charge on any atom is -0.377 e. The minimum absolute atomic E-state index is 0.609. The van der Waals surface area contributed by atoms with Crippen molar-refractivity contribution in [3.63, 3.8) is 0 Å². The lowest BCUT2D eigenvalue weighted by Gasteiger charge is -2.28. The van der Waals surface area contributed by atoms with Crippen molar-refractivity contribution in [3.05, 3.63) is 29.3 Å². The molecule has 1 saturated heterocycles. The molecule has 2 rings (SSSR count). The van der Waals surface area contributed by atoms with E-state index in [1.165, 1.54) is 16.8 Å². The van der Waals surface area contributed by atoms with Crippen LogP contribution in [0.15, 0.2) is 18.2 Å². The number of rotatable bonds is 1. The van der Waals surface area contributed by atoms with Gasteiger partial charge in [-0.15, -0.1) is 0 Å². The van der Waals surface area contributed by atoms with Gasteiger partial charge in [0.05, 0.1) is 52.9 Å². The second-order valence-electron chi connectivity index (χ2n) is 5.68. The summed E-state index contributed by atoms with van der Waals surface area (Å²) in [5, 5.41) is 0. The number of hydrogen-bond donors (Lipinski definition) is 0. The summed E-state index contributed by atoms with van der Waals surface area (Å²) in [7, 11) is 0. The first-order valence-electron chi connectivity index (χ1n) is 8.41. The van der Waals surface area contributed by atoms with Gasteiger partial charge in [-0.05, 0) is 25.0 Å². The zero-order valence-corrected chi connectivity index (χ0v) is 14.4. The highest BCUT2D eigenvalue weighted by Gasteiger charge is 2.12. The first-order chi connectivity index (χ1) is 11.3. The Labute approximate surface area is 139 Å². The zero-order chi connectivity index (χ0) is 16.3. The number of anilines is 1. The molecular formula is C18H29NO4. The Morgan fingerprint density at radius 3 is 1.48 bits per heavy atom. The van der Waals surface area contributed by atoms with Gasteiger partial charge in [0.2, 0.25) is 0 Å². The van der Waals surface area contributed by atoms with E-state index < -0.39 is 0 Å². The summed E-state index contributed by atoms with van der Waals surface area (Å²) in [6, 6.07) is 6.41. The van der Waals surface area contributed by atoms with E-state index in [0.717, 1.165) is 13.1 Å². The predicted molar refractivity (Wildman–Crippen MR) is 91.4 cm³/mol. The summed E-state index contributed by atoms with van der Waals surface area (Å²) in [6.45, 7) is 11.1. The van der Waals surface area contributed by atoms with Crippen molar-refractivity contribution in [2.24, 2.45) is 0 Å². The molecule has 0 amide bonds. The lowest BCUT2D eigenvalue weighted by molar-refractivity contribution is 0.00206. The SMILES string of the molecule is Cc1cccc(C)c1N1CCOCCOCCOCCOCC1. The van der Waals surface area contributed by atoms with Crippen molar-refractivity contribution in [2.75, 3.05) is 70.8 Å². The summed E-state index contributed by atoms with van der Waals surface area (Å²) < 4.78 is 22.3. The molecule has 5 heteroatoms. The fraction of sp³-hybridized carbons (Fsp3) is 0.667. The van der Waals surface area contributed by atoms with E-state index >= 15 is 0 Å². The summed E-state index contributed by atoms with van der Waals surface area (Å²) in [5.41, 5.74) is 3.86. The molecule has 130 valence electrons.